The van der Waals surface area contributed by atoms with Gasteiger partial charge >= 0.3 is 5.97 Å². The lowest BCUT2D eigenvalue weighted by atomic mass is 9.96. The first-order valence-electron chi connectivity index (χ1n) is 6.64. The number of carbonyl (C=O) groups excluding carboxylic acids is 1. The molecule has 0 aliphatic carbocycles. The van der Waals surface area contributed by atoms with Crippen LogP contribution in [0, 0.1) is 11.8 Å². The molecule has 2 atom stereocenters. The lowest BCUT2D eigenvalue weighted by Gasteiger charge is -2.24. The first-order valence-corrected chi connectivity index (χ1v) is 7.80. The van der Waals surface area contributed by atoms with Gasteiger partial charge in [0.15, 0.2) is 0 Å². The fraction of sp³-hybridized carbons (Fsp3) is 0.846. The van der Waals surface area contributed by atoms with E-state index < -0.39 is 12.0 Å². The van der Waals surface area contributed by atoms with Crippen LogP contribution in [0.3, 0.4) is 0 Å². The highest BCUT2D eigenvalue weighted by Gasteiger charge is 2.26. The lowest BCUT2D eigenvalue weighted by Crippen LogP contribution is -2.45. The van der Waals surface area contributed by atoms with Gasteiger partial charge in [0.2, 0.25) is 5.91 Å². The molecule has 1 aliphatic heterocycles. The molecule has 5 heteroatoms. The molecule has 18 heavy (non-hydrogen) atoms. The second kappa shape index (κ2) is 7.67. The summed E-state index contributed by atoms with van der Waals surface area (Å²) in [7, 11) is 0. The summed E-state index contributed by atoms with van der Waals surface area (Å²) >= 11 is 1.93. The third-order valence-corrected chi connectivity index (χ3v) is 4.66. The Morgan fingerprint density at radius 2 is 2.00 bits per heavy atom. The number of thioether (sulfide) groups is 1. The van der Waals surface area contributed by atoms with E-state index in [1.54, 1.807) is 0 Å². The average Bonchev–Trinajstić information content (AvgIpc) is 2.36. The summed E-state index contributed by atoms with van der Waals surface area (Å²) in [5.74, 6) is 1.58. The summed E-state index contributed by atoms with van der Waals surface area (Å²) in [6, 6.07) is -0.750. The van der Waals surface area contributed by atoms with Crippen molar-refractivity contribution in [1.82, 2.24) is 5.32 Å². The monoisotopic (exact) mass is 273 g/mol. The van der Waals surface area contributed by atoms with Crippen LogP contribution in [-0.4, -0.2) is 34.5 Å². The Hall–Kier alpha value is -0.710. The number of aliphatic carboxylic acids is 1. The molecule has 104 valence electrons. The van der Waals surface area contributed by atoms with E-state index in [2.05, 4.69) is 5.32 Å². The fourth-order valence-corrected chi connectivity index (χ4v) is 3.33. The van der Waals surface area contributed by atoms with Crippen LogP contribution in [0.25, 0.3) is 0 Å². The largest absolute Gasteiger partial charge is 0.480 e. The van der Waals surface area contributed by atoms with E-state index in [4.69, 9.17) is 5.11 Å². The molecule has 2 N–H and O–H groups in total. The van der Waals surface area contributed by atoms with E-state index in [9.17, 15) is 9.59 Å². The lowest BCUT2D eigenvalue weighted by molar-refractivity contribution is -0.143. The van der Waals surface area contributed by atoms with Gasteiger partial charge in [-0.2, -0.15) is 11.8 Å². The Kier molecular flexibility index (Phi) is 6.54. The molecule has 1 aliphatic rings. The van der Waals surface area contributed by atoms with Crippen LogP contribution >= 0.6 is 11.8 Å². The summed E-state index contributed by atoms with van der Waals surface area (Å²) < 4.78 is 0. The van der Waals surface area contributed by atoms with Crippen LogP contribution in [0.15, 0.2) is 0 Å². The van der Waals surface area contributed by atoms with Crippen molar-refractivity contribution in [2.24, 2.45) is 11.8 Å². The Bertz CT molecular complexity index is 290. The van der Waals surface area contributed by atoms with Gasteiger partial charge in [-0.05, 0) is 36.2 Å². The van der Waals surface area contributed by atoms with Crippen molar-refractivity contribution in [1.29, 1.82) is 0 Å². The van der Waals surface area contributed by atoms with E-state index in [1.807, 2.05) is 25.6 Å². The number of amides is 1. The molecule has 4 nitrogen and oxygen atoms in total. The van der Waals surface area contributed by atoms with E-state index >= 15 is 0 Å². The molecule has 0 aromatic rings. The number of nitrogens with one attached hydrogen (secondary N) is 1. The van der Waals surface area contributed by atoms with Gasteiger partial charge in [-0.3, -0.25) is 4.79 Å². The molecule has 0 bridgehead atoms. The predicted octanol–water partition coefficient (Wildman–Crippen LogP) is 2.14. The van der Waals surface area contributed by atoms with Gasteiger partial charge in [0.1, 0.15) is 6.04 Å². The molecule has 0 aromatic heterocycles. The molecule has 0 aromatic carbocycles. The average molecular weight is 273 g/mol. The van der Waals surface area contributed by atoms with Crippen molar-refractivity contribution in [2.75, 3.05) is 11.5 Å². The topological polar surface area (TPSA) is 66.4 Å². The zero-order valence-electron chi connectivity index (χ0n) is 11.1. The summed E-state index contributed by atoms with van der Waals surface area (Å²) in [4.78, 5) is 23.0. The van der Waals surface area contributed by atoms with Crippen molar-refractivity contribution >= 4 is 23.6 Å². The third-order valence-electron chi connectivity index (χ3n) is 3.61. The number of hydrogen-bond acceptors (Lipinski definition) is 3. The number of carbonyl (C=O) groups is 2. The quantitative estimate of drug-likeness (QED) is 0.778. The highest BCUT2D eigenvalue weighted by atomic mass is 32.2. The van der Waals surface area contributed by atoms with Gasteiger partial charge in [-0.15, -0.1) is 0 Å². The maximum atomic E-state index is 11.9. The number of carboxylic acid groups (broad SMARTS) is 1. The first-order chi connectivity index (χ1) is 8.54. The second-order valence-corrected chi connectivity index (χ2v) is 6.25. The molecule has 1 fully saturated rings. The van der Waals surface area contributed by atoms with E-state index in [0.29, 0.717) is 12.3 Å². The van der Waals surface area contributed by atoms with Crippen LogP contribution in [-0.2, 0) is 9.59 Å². The maximum Gasteiger partial charge on any atom is 0.326 e. The normalized spacial score (nSPS) is 20.1. The van der Waals surface area contributed by atoms with Crippen LogP contribution < -0.4 is 5.32 Å². The van der Waals surface area contributed by atoms with Gasteiger partial charge in [0, 0.05) is 6.42 Å². The van der Waals surface area contributed by atoms with Crippen LogP contribution in [0.1, 0.15) is 39.5 Å². The zero-order valence-corrected chi connectivity index (χ0v) is 12.0. The number of carboxylic acids is 1. The van der Waals surface area contributed by atoms with Crippen LogP contribution in [0.5, 0.6) is 0 Å². The van der Waals surface area contributed by atoms with Crippen molar-refractivity contribution in [2.45, 2.75) is 45.6 Å². The minimum absolute atomic E-state index is 0.0339. The van der Waals surface area contributed by atoms with Gasteiger partial charge in [-0.1, -0.05) is 20.3 Å². The number of rotatable bonds is 6. The standard InChI is InChI=1S/C13H23NO3S/c1-3-9(2)12(13(16)17)14-11(15)8-10-4-6-18-7-5-10/h9-10,12H,3-8H2,1-2H3,(H,14,15)(H,16,17)/t9?,12-/m0/s1. The van der Waals surface area contributed by atoms with Crippen LogP contribution in [0.2, 0.25) is 0 Å². The maximum absolute atomic E-state index is 11.9. The Morgan fingerprint density at radius 1 is 1.39 bits per heavy atom. The second-order valence-electron chi connectivity index (χ2n) is 5.03. The highest BCUT2D eigenvalue weighted by Crippen LogP contribution is 2.25. The Balaban J connectivity index is 2.42. The number of hydrogen-bond donors (Lipinski definition) is 2. The Morgan fingerprint density at radius 3 is 2.50 bits per heavy atom. The Labute approximate surface area is 113 Å². The van der Waals surface area contributed by atoms with Crippen molar-refractivity contribution in [3.05, 3.63) is 0 Å². The van der Waals surface area contributed by atoms with E-state index in [1.165, 1.54) is 0 Å². The molecule has 0 radical (unpaired) electrons. The molecule has 1 rings (SSSR count). The molecular weight excluding hydrogens is 250 g/mol. The minimum atomic E-state index is -0.933. The summed E-state index contributed by atoms with van der Waals surface area (Å²) in [6.07, 6.45) is 3.36. The summed E-state index contributed by atoms with van der Waals surface area (Å²) in [6.45, 7) is 3.79. The fourth-order valence-electron chi connectivity index (χ4n) is 2.13. The first kappa shape index (κ1) is 15.3. The molecule has 1 amide bonds. The van der Waals surface area contributed by atoms with Crippen LogP contribution in [0.4, 0.5) is 0 Å². The molecule has 0 spiro atoms. The van der Waals surface area contributed by atoms with Crippen molar-refractivity contribution < 1.29 is 14.7 Å². The molecular formula is C13H23NO3S. The smallest absolute Gasteiger partial charge is 0.326 e. The predicted molar refractivity (Wildman–Crippen MR) is 73.7 cm³/mol. The molecule has 1 saturated heterocycles. The molecule has 0 saturated carbocycles. The van der Waals surface area contributed by atoms with Gasteiger partial charge in [0.05, 0.1) is 0 Å². The van der Waals surface area contributed by atoms with Gasteiger partial charge in [-0.25, -0.2) is 4.79 Å². The highest BCUT2D eigenvalue weighted by molar-refractivity contribution is 7.99. The zero-order chi connectivity index (χ0) is 13.5. The van der Waals surface area contributed by atoms with E-state index in [0.717, 1.165) is 30.8 Å². The summed E-state index contributed by atoms with van der Waals surface area (Å²) in [5, 5.41) is 11.8. The van der Waals surface area contributed by atoms with Gasteiger partial charge in [0.25, 0.3) is 0 Å². The third kappa shape index (κ3) is 4.88. The molecule has 1 unspecified atom stereocenters. The van der Waals surface area contributed by atoms with Gasteiger partial charge < -0.3 is 10.4 Å². The van der Waals surface area contributed by atoms with E-state index in [-0.39, 0.29) is 11.8 Å². The van der Waals surface area contributed by atoms with Crippen molar-refractivity contribution in [3.8, 4) is 0 Å². The summed E-state index contributed by atoms with van der Waals surface area (Å²) in [5.41, 5.74) is 0. The minimum Gasteiger partial charge on any atom is -0.480 e. The molecule has 1 heterocycles. The van der Waals surface area contributed by atoms with Crippen molar-refractivity contribution in [3.63, 3.8) is 0 Å². The SMILES string of the molecule is CCC(C)[C@H](NC(=O)CC1CCSCC1)C(=O)O.